The number of anilines is 1. The van der Waals surface area contributed by atoms with Crippen molar-refractivity contribution in [3.63, 3.8) is 0 Å². The Morgan fingerprint density at radius 2 is 1.61 bits per heavy atom. The van der Waals surface area contributed by atoms with Crippen molar-refractivity contribution in [1.82, 2.24) is 5.01 Å². The molecule has 92 valence electrons. The van der Waals surface area contributed by atoms with Crippen molar-refractivity contribution in [3.8, 4) is 0 Å². The maximum absolute atomic E-state index is 6.11. The van der Waals surface area contributed by atoms with Gasteiger partial charge in [-0.2, -0.15) is 0 Å². The SMILES string of the molecule is ClCC1=C(CCl)N2C=CC=CN2c2ccccc21. The molecule has 2 aliphatic rings. The molecule has 0 spiro atoms. The van der Waals surface area contributed by atoms with Crippen LogP contribution in [-0.2, 0) is 0 Å². The maximum atomic E-state index is 6.11. The Morgan fingerprint density at radius 1 is 0.889 bits per heavy atom. The van der Waals surface area contributed by atoms with E-state index in [1.165, 1.54) is 0 Å². The molecule has 0 fully saturated rings. The third-order valence-corrected chi connectivity index (χ3v) is 3.68. The fourth-order valence-electron chi connectivity index (χ4n) is 2.34. The second-order valence-electron chi connectivity index (χ2n) is 4.08. The Balaban J connectivity index is 2.25. The topological polar surface area (TPSA) is 6.48 Å². The van der Waals surface area contributed by atoms with E-state index in [0.29, 0.717) is 11.8 Å². The zero-order chi connectivity index (χ0) is 12.5. The molecule has 0 amide bonds. The van der Waals surface area contributed by atoms with Crippen LogP contribution >= 0.6 is 23.2 Å². The van der Waals surface area contributed by atoms with Gasteiger partial charge in [-0.1, -0.05) is 18.2 Å². The molecule has 3 rings (SSSR count). The van der Waals surface area contributed by atoms with Gasteiger partial charge < -0.3 is 0 Å². The van der Waals surface area contributed by atoms with Crippen LogP contribution < -0.4 is 5.01 Å². The van der Waals surface area contributed by atoms with E-state index in [4.69, 9.17) is 23.2 Å². The van der Waals surface area contributed by atoms with Gasteiger partial charge in [-0.05, 0) is 23.8 Å². The molecule has 2 aliphatic heterocycles. The van der Waals surface area contributed by atoms with E-state index in [9.17, 15) is 0 Å². The van der Waals surface area contributed by atoms with Gasteiger partial charge in [-0.25, -0.2) is 0 Å². The Hall–Kier alpha value is -1.38. The van der Waals surface area contributed by atoms with Gasteiger partial charge in [-0.15, -0.1) is 23.2 Å². The van der Waals surface area contributed by atoms with E-state index in [2.05, 4.69) is 17.1 Å². The predicted octanol–water partition coefficient (Wildman–Crippen LogP) is 3.95. The van der Waals surface area contributed by atoms with Crippen LogP contribution in [0.1, 0.15) is 5.56 Å². The van der Waals surface area contributed by atoms with Crippen molar-refractivity contribution in [1.29, 1.82) is 0 Å². The molecule has 1 aromatic carbocycles. The van der Waals surface area contributed by atoms with E-state index in [0.717, 1.165) is 22.5 Å². The highest BCUT2D eigenvalue weighted by atomic mass is 35.5. The first-order valence-corrected chi connectivity index (χ1v) is 6.80. The molecule has 4 heteroatoms. The minimum atomic E-state index is 0.436. The highest BCUT2D eigenvalue weighted by molar-refractivity contribution is 6.25. The summed E-state index contributed by atoms with van der Waals surface area (Å²) in [6, 6.07) is 8.23. The molecular formula is C14H12Cl2N2. The number of alkyl halides is 2. The highest BCUT2D eigenvalue weighted by Crippen LogP contribution is 2.39. The normalized spacial score (nSPS) is 17.0. The van der Waals surface area contributed by atoms with Crippen LogP contribution in [0.2, 0.25) is 0 Å². The van der Waals surface area contributed by atoms with Gasteiger partial charge in [0.1, 0.15) is 0 Å². The Kier molecular flexibility index (Phi) is 3.06. The number of rotatable bonds is 2. The molecule has 0 atom stereocenters. The fraction of sp³-hybridized carbons (Fsp3) is 0.143. The smallest absolute Gasteiger partial charge is 0.0705 e. The molecule has 0 aliphatic carbocycles. The van der Waals surface area contributed by atoms with Crippen molar-refractivity contribution < 1.29 is 0 Å². The number of hydrogen-bond donors (Lipinski definition) is 0. The van der Waals surface area contributed by atoms with E-state index < -0.39 is 0 Å². The number of benzene rings is 1. The van der Waals surface area contributed by atoms with Crippen LogP contribution in [0.4, 0.5) is 5.69 Å². The van der Waals surface area contributed by atoms with Crippen LogP contribution in [-0.4, -0.2) is 16.8 Å². The average molecular weight is 279 g/mol. The number of hydrazine groups is 1. The number of halogens is 2. The van der Waals surface area contributed by atoms with Crippen molar-refractivity contribution in [2.24, 2.45) is 0 Å². The lowest BCUT2D eigenvalue weighted by Crippen LogP contribution is -2.40. The Morgan fingerprint density at radius 3 is 2.33 bits per heavy atom. The van der Waals surface area contributed by atoms with Crippen molar-refractivity contribution in [3.05, 3.63) is 60.1 Å². The average Bonchev–Trinajstić information content (AvgIpc) is 2.45. The summed E-state index contributed by atoms with van der Waals surface area (Å²) in [7, 11) is 0. The minimum absolute atomic E-state index is 0.436. The van der Waals surface area contributed by atoms with Crippen LogP contribution in [0.15, 0.2) is 54.5 Å². The van der Waals surface area contributed by atoms with Crippen LogP contribution in [0, 0.1) is 0 Å². The van der Waals surface area contributed by atoms with Crippen LogP contribution in [0.3, 0.4) is 0 Å². The monoisotopic (exact) mass is 278 g/mol. The molecule has 0 aromatic heterocycles. The van der Waals surface area contributed by atoms with Gasteiger partial charge in [-0.3, -0.25) is 10.0 Å². The van der Waals surface area contributed by atoms with Gasteiger partial charge in [0.25, 0.3) is 0 Å². The van der Waals surface area contributed by atoms with Gasteiger partial charge in [0.2, 0.25) is 0 Å². The fourth-order valence-corrected chi connectivity index (χ4v) is 2.92. The predicted molar refractivity (Wildman–Crippen MR) is 77.4 cm³/mol. The number of para-hydroxylation sites is 1. The number of hydrogen-bond acceptors (Lipinski definition) is 2. The highest BCUT2D eigenvalue weighted by Gasteiger charge is 2.28. The Bertz CT molecular complexity index is 561. The summed E-state index contributed by atoms with van der Waals surface area (Å²) in [5.74, 6) is 0.895. The van der Waals surface area contributed by atoms with E-state index in [1.54, 1.807) is 0 Å². The quantitative estimate of drug-likeness (QED) is 0.756. The summed E-state index contributed by atoms with van der Waals surface area (Å²) >= 11 is 12.2. The summed E-state index contributed by atoms with van der Waals surface area (Å²) in [5.41, 5.74) is 4.41. The number of fused-ring (bicyclic) bond motifs is 3. The molecule has 18 heavy (non-hydrogen) atoms. The minimum Gasteiger partial charge on any atom is -0.259 e. The van der Waals surface area contributed by atoms with Gasteiger partial charge in [0.05, 0.1) is 17.3 Å². The molecule has 1 aromatic rings. The zero-order valence-electron chi connectivity index (χ0n) is 9.68. The first-order valence-electron chi connectivity index (χ1n) is 5.73. The summed E-state index contributed by atoms with van der Waals surface area (Å²) in [4.78, 5) is 0. The van der Waals surface area contributed by atoms with Crippen molar-refractivity contribution >= 4 is 34.5 Å². The Labute approximate surface area is 116 Å². The van der Waals surface area contributed by atoms with Gasteiger partial charge in [0, 0.05) is 23.8 Å². The molecule has 2 nitrogen and oxygen atoms in total. The zero-order valence-corrected chi connectivity index (χ0v) is 11.2. The standard InChI is InChI=1S/C14H12Cl2N2/c15-9-12-11-5-1-2-6-13(11)17-7-3-4-8-18(17)14(12)10-16/h1-8H,9-10H2. The van der Waals surface area contributed by atoms with Crippen molar-refractivity contribution in [2.45, 2.75) is 0 Å². The third kappa shape index (κ3) is 1.64. The van der Waals surface area contributed by atoms with E-state index in [-0.39, 0.29) is 0 Å². The summed E-state index contributed by atoms with van der Waals surface area (Å²) in [6.45, 7) is 0. The number of allylic oxidation sites excluding steroid dienone is 4. The first kappa shape index (κ1) is 11.7. The van der Waals surface area contributed by atoms with Gasteiger partial charge in [0.15, 0.2) is 0 Å². The maximum Gasteiger partial charge on any atom is 0.0705 e. The van der Waals surface area contributed by atoms with Crippen LogP contribution in [0.25, 0.3) is 5.57 Å². The van der Waals surface area contributed by atoms with E-state index in [1.807, 2.05) is 41.7 Å². The first-order chi connectivity index (χ1) is 8.86. The molecule has 0 unspecified atom stereocenters. The third-order valence-electron chi connectivity index (χ3n) is 3.16. The number of nitrogens with zero attached hydrogens (tertiary/aromatic N) is 2. The molecule has 0 N–H and O–H groups in total. The lowest BCUT2D eigenvalue weighted by Gasteiger charge is -2.41. The lowest BCUT2D eigenvalue weighted by molar-refractivity contribution is 0.462. The molecule has 0 radical (unpaired) electrons. The largest absolute Gasteiger partial charge is 0.259 e. The lowest BCUT2D eigenvalue weighted by atomic mass is 10.0. The van der Waals surface area contributed by atoms with Gasteiger partial charge >= 0.3 is 0 Å². The summed E-state index contributed by atoms with van der Waals surface area (Å²) in [5, 5.41) is 4.14. The molecule has 0 saturated heterocycles. The second-order valence-corrected chi connectivity index (χ2v) is 4.62. The van der Waals surface area contributed by atoms with E-state index >= 15 is 0 Å². The summed E-state index contributed by atoms with van der Waals surface area (Å²) < 4.78 is 0. The molecular weight excluding hydrogens is 267 g/mol. The molecule has 0 bridgehead atoms. The molecule has 2 heterocycles. The summed E-state index contributed by atoms with van der Waals surface area (Å²) in [6.07, 6.45) is 8.02. The molecule has 0 saturated carbocycles. The van der Waals surface area contributed by atoms with Crippen molar-refractivity contribution in [2.75, 3.05) is 16.8 Å². The second kappa shape index (κ2) is 4.71. The van der Waals surface area contributed by atoms with Crippen LogP contribution in [0.5, 0.6) is 0 Å².